The predicted molar refractivity (Wildman–Crippen MR) is 79.3 cm³/mol. The maximum atomic E-state index is 13.1. The van der Waals surface area contributed by atoms with Gasteiger partial charge in [0.2, 0.25) is 0 Å². The fourth-order valence-electron chi connectivity index (χ4n) is 2.93. The Bertz CT molecular complexity index is 438. The Kier molecular flexibility index (Phi) is 5.10. The highest BCUT2D eigenvalue weighted by atomic mass is 35.5. The molecular weight excluding hydrogens is 284 g/mol. The molecule has 4 heteroatoms. The molecule has 106 valence electrons. The van der Waals surface area contributed by atoms with Crippen LogP contribution in [-0.2, 0) is 6.54 Å². The summed E-state index contributed by atoms with van der Waals surface area (Å²) in [6.45, 7) is 2.95. The summed E-state index contributed by atoms with van der Waals surface area (Å²) in [4.78, 5) is 0. The zero-order valence-electron chi connectivity index (χ0n) is 11.2. The minimum Gasteiger partial charge on any atom is -0.306 e. The van der Waals surface area contributed by atoms with Gasteiger partial charge in [-0.25, -0.2) is 4.39 Å². The van der Waals surface area contributed by atoms with Crippen molar-refractivity contribution in [2.45, 2.75) is 44.7 Å². The van der Waals surface area contributed by atoms with E-state index in [1.807, 2.05) is 0 Å². The van der Waals surface area contributed by atoms with Gasteiger partial charge in [-0.2, -0.15) is 0 Å². The minimum absolute atomic E-state index is 0.0140. The molecule has 1 fully saturated rings. The van der Waals surface area contributed by atoms with E-state index in [0.717, 1.165) is 18.4 Å². The lowest BCUT2D eigenvalue weighted by Crippen LogP contribution is -2.49. The summed E-state index contributed by atoms with van der Waals surface area (Å²) in [6.07, 6.45) is 4.70. The SMILES string of the molecule is CC1CCCC(CCl)(NCc2ccc(F)c(Cl)c2)C1. The third kappa shape index (κ3) is 3.84. The molecule has 0 aromatic heterocycles. The van der Waals surface area contributed by atoms with Crippen molar-refractivity contribution in [2.24, 2.45) is 5.92 Å². The van der Waals surface area contributed by atoms with Gasteiger partial charge < -0.3 is 5.32 Å². The third-order valence-corrected chi connectivity index (χ3v) is 4.80. The second-order valence-corrected chi connectivity index (χ2v) is 6.39. The summed E-state index contributed by atoms with van der Waals surface area (Å²) < 4.78 is 13.1. The van der Waals surface area contributed by atoms with E-state index in [-0.39, 0.29) is 16.4 Å². The van der Waals surface area contributed by atoms with Gasteiger partial charge in [-0.1, -0.05) is 37.4 Å². The topological polar surface area (TPSA) is 12.0 Å². The molecule has 0 radical (unpaired) electrons. The fourth-order valence-corrected chi connectivity index (χ4v) is 3.47. The van der Waals surface area contributed by atoms with Crippen LogP contribution < -0.4 is 5.32 Å². The number of halogens is 3. The molecule has 2 atom stereocenters. The molecule has 1 aromatic carbocycles. The largest absolute Gasteiger partial charge is 0.306 e. The van der Waals surface area contributed by atoms with Crippen LogP contribution in [0.1, 0.15) is 38.2 Å². The predicted octanol–water partition coefficient (Wildman–Crippen LogP) is 4.76. The van der Waals surface area contributed by atoms with E-state index in [0.29, 0.717) is 18.3 Å². The van der Waals surface area contributed by atoms with Gasteiger partial charge in [0, 0.05) is 18.0 Å². The van der Waals surface area contributed by atoms with Gasteiger partial charge in [-0.15, -0.1) is 11.6 Å². The Morgan fingerprint density at radius 1 is 1.47 bits per heavy atom. The second kappa shape index (κ2) is 6.43. The van der Waals surface area contributed by atoms with Gasteiger partial charge in [-0.3, -0.25) is 0 Å². The van der Waals surface area contributed by atoms with Crippen molar-refractivity contribution in [3.05, 3.63) is 34.6 Å². The van der Waals surface area contributed by atoms with Crippen LogP contribution in [-0.4, -0.2) is 11.4 Å². The second-order valence-electron chi connectivity index (χ2n) is 5.72. The van der Waals surface area contributed by atoms with E-state index in [1.165, 1.54) is 18.9 Å². The molecule has 1 aliphatic rings. The quantitative estimate of drug-likeness (QED) is 0.791. The summed E-state index contributed by atoms with van der Waals surface area (Å²) in [6, 6.07) is 4.86. The molecule has 0 heterocycles. The van der Waals surface area contributed by atoms with Gasteiger partial charge in [0.25, 0.3) is 0 Å². The van der Waals surface area contributed by atoms with Gasteiger partial charge in [-0.05, 0) is 36.5 Å². The van der Waals surface area contributed by atoms with E-state index in [2.05, 4.69) is 12.2 Å². The molecule has 0 amide bonds. The van der Waals surface area contributed by atoms with E-state index >= 15 is 0 Å². The van der Waals surface area contributed by atoms with Crippen LogP contribution in [0.3, 0.4) is 0 Å². The van der Waals surface area contributed by atoms with Gasteiger partial charge >= 0.3 is 0 Å². The highest BCUT2D eigenvalue weighted by Gasteiger charge is 2.33. The monoisotopic (exact) mass is 303 g/mol. The average molecular weight is 304 g/mol. The highest BCUT2D eigenvalue weighted by Crippen LogP contribution is 2.33. The molecule has 2 unspecified atom stereocenters. The van der Waals surface area contributed by atoms with Gasteiger partial charge in [0.05, 0.1) is 5.02 Å². The van der Waals surface area contributed by atoms with Crippen molar-refractivity contribution in [3.63, 3.8) is 0 Å². The Hall–Kier alpha value is -0.310. The molecule has 1 nitrogen and oxygen atoms in total. The Morgan fingerprint density at radius 3 is 2.89 bits per heavy atom. The Morgan fingerprint density at radius 2 is 2.26 bits per heavy atom. The van der Waals surface area contributed by atoms with E-state index in [4.69, 9.17) is 23.2 Å². The zero-order chi connectivity index (χ0) is 13.9. The van der Waals surface area contributed by atoms with Gasteiger partial charge in [0.1, 0.15) is 5.82 Å². The molecule has 1 aliphatic carbocycles. The van der Waals surface area contributed by atoms with E-state index in [1.54, 1.807) is 12.1 Å². The molecule has 0 spiro atoms. The lowest BCUT2D eigenvalue weighted by molar-refractivity contribution is 0.207. The first-order valence-electron chi connectivity index (χ1n) is 6.79. The molecule has 2 rings (SSSR count). The molecule has 1 N–H and O–H groups in total. The highest BCUT2D eigenvalue weighted by molar-refractivity contribution is 6.30. The number of hydrogen-bond acceptors (Lipinski definition) is 1. The molecular formula is C15H20Cl2FN. The first-order valence-corrected chi connectivity index (χ1v) is 7.71. The van der Waals surface area contributed by atoms with Crippen LogP contribution in [0.25, 0.3) is 0 Å². The van der Waals surface area contributed by atoms with E-state index in [9.17, 15) is 4.39 Å². The molecule has 19 heavy (non-hydrogen) atoms. The van der Waals surface area contributed by atoms with Crippen molar-refractivity contribution in [2.75, 3.05) is 5.88 Å². The van der Waals surface area contributed by atoms with Crippen LogP contribution in [0.4, 0.5) is 4.39 Å². The number of alkyl halides is 1. The fraction of sp³-hybridized carbons (Fsp3) is 0.600. The minimum atomic E-state index is -0.372. The van der Waals surface area contributed by atoms with Crippen molar-refractivity contribution >= 4 is 23.2 Å². The average Bonchev–Trinajstić information content (AvgIpc) is 2.40. The molecule has 1 aromatic rings. The van der Waals surface area contributed by atoms with Crippen LogP contribution in [0.15, 0.2) is 18.2 Å². The Labute approximate surface area is 124 Å². The van der Waals surface area contributed by atoms with Gasteiger partial charge in [0.15, 0.2) is 0 Å². The maximum absolute atomic E-state index is 13.1. The van der Waals surface area contributed by atoms with Crippen LogP contribution >= 0.6 is 23.2 Å². The van der Waals surface area contributed by atoms with Crippen LogP contribution in [0.5, 0.6) is 0 Å². The lowest BCUT2D eigenvalue weighted by atomic mass is 9.77. The first kappa shape index (κ1) is 15.1. The number of benzene rings is 1. The van der Waals surface area contributed by atoms with Crippen molar-refractivity contribution in [1.82, 2.24) is 5.32 Å². The number of rotatable bonds is 4. The zero-order valence-corrected chi connectivity index (χ0v) is 12.7. The normalized spacial score (nSPS) is 27.5. The van der Waals surface area contributed by atoms with Crippen molar-refractivity contribution in [1.29, 1.82) is 0 Å². The van der Waals surface area contributed by atoms with Crippen molar-refractivity contribution < 1.29 is 4.39 Å². The number of nitrogens with one attached hydrogen (secondary N) is 1. The molecule has 0 aliphatic heterocycles. The third-order valence-electron chi connectivity index (χ3n) is 4.00. The first-order chi connectivity index (χ1) is 9.04. The van der Waals surface area contributed by atoms with Crippen LogP contribution in [0.2, 0.25) is 5.02 Å². The molecule has 0 saturated heterocycles. The van der Waals surface area contributed by atoms with Crippen LogP contribution in [0, 0.1) is 11.7 Å². The van der Waals surface area contributed by atoms with E-state index < -0.39 is 0 Å². The standard InChI is InChI=1S/C15H20Cl2FN/c1-11-3-2-6-15(8-11,10-16)19-9-12-4-5-14(18)13(17)7-12/h4-5,7,11,19H,2-3,6,8-10H2,1H3. The maximum Gasteiger partial charge on any atom is 0.141 e. The Balaban J connectivity index is 2.01. The summed E-state index contributed by atoms with van der Waals surface area (Å²) in [7, 11) is 0. The summed E-state index contributed by atoms with van der Waals surface area (Å²) in [5.41, 5.74) is 1.01. The molecule has 1 saturated carbocycles. The lowest BCUT2D eigenvalue weighted by Gasteiger charge is -2.39. The summed E-state index contributed by atoms with van der Waals surface area (Å²) >= 11 is 12.0. The summed E-state index contributed by atoms with van der Waals surface area (Å²) in [5, 5.41) is 3.74. The summed E-state index contributed by atoms with van der Waals surface area (Å²) in [5.74, 6) is 0.951. The van der Waals surface area contributed by atoms with Crippen molar-refractivity contribution in [3.8, 4) is 0 Å². The number of hydrogen-bond donors (Lipinski definition) is 1. The smallest absolute Gasteiger partial charge is 0.141 e. The molecule has 0 bridgehead atoms.